The van der Waals surface area contributed by atoms with Crippen molar-refractivity contribution in [2.45, 2.75) is 25.1 Å². The molecule has 1 aromatic heterocycles. The molecule has 2 aromatic rings. The van der Waals surface area contributed by atoms with E-state index in [9.17, 15) is 22.8 Å². The summed E-state index contributed by atoms with van der Waals surface area (Å²) in [4.78, 5) is 39.6. The SMILES string of the molecule is N[N+]12C=CN=CC1=C([C@@H]1CC[C@@H]3COC(=O)N3C1)N=C2c1ccc(C(=O)Nc2cc(C(F)(F)F)ccn2)cc1. The van der Waals surface area contributed by atoms with Crippen LogP contribution in [0.1, 0.15) is 34.3 Å². The van der Waals surface area contributed by atoms with Gasteiger partial charge in [0, 0.05) is 24.2 Å². The van der Waals surface area contributed by atoms with Gasteiger partial charge in [-0.15, -0.1) is 4.59 Å². The van der Waals surface area contributed by atoms with Crippen LogP contribution in [0, 0.1) is 5.92 Å². The molecule has 2 saturated heterocycles. The number of hydrogen-bond donors (Lipinski definition) is 2. The fourth-order valence-electron chi connectivity index (χ4n) is 5.24. The number of rotatable bonds is 4. The first-order valence-electron chi connectivity index (χ1n) is 12.2. The van der Waals surface area contributed by atoms with Crippen LogP contribution in [0.4, 0.5) is 23.8 Å². The number of benzene rings is 1. The van der Waals surface area contributed by atoms with E-state index < -0.39 is 17.6 Å². The van der Waals surface area contributed by atoms with E-state index in [2.05, 4.69) is 15.3 Å². The molecule has 3 N–H and O–H groups in total. The van der Waals surface area contributed by atoms with Crippen molar-refractivity contribution in [2.24, 2.45) is 21.7 Å². The number of anilines is 1. The van der Waals surface area contributed by atoms with Crippen LogP contribution in [-0.4, -0.2) is 57.7 Å². The molecule has 10 nitrogen and oxygen atoms in total. The Morgan fingerprint density at radius 3 is 2.74 bits per heavy atom. The molecule has 2 amide bonds. The van der Waals surface area contributed by atoms with Gasteiger partial charge >= 0.3 is 12.3 Å². The molecular formula is C26H23F3N7O3+. The summed E-state index contributed by atoms with van der Waals surface area (Å²) >= 11 is 0. The summed E-state index contributed by atoms with van der Waals surface area (Å²) < 4.78 is 43.9. The Hall–Kier alpha value is -4.36. The highest BCUT2D eigenvalue weighted by atomic mass is 19.4. The van der Waals surface area contributed by atoms with E-state index in [1.807, 2.05) is 0 Å². The number of pyridine rings is 1. The van der Waals surface area contributed by atoms with Crippen LogP contribution in [0.15, 0.2) is 76.4 Å². The normalized spacial score (nSPS) is 25.8. The number of cyclic esters (lactones) is 1. The van der Waals surface area contributed by atoms with Crippen LogP contribution >= 0.6 is 0 Å². The molecule has 3 atom stereocenters. The molecule has 5 heterocycles. The maximum atomic E-state index is 13.0. The third-order valence-electron chi connectivity index (χ3n) is 7.28. The topological polar surface area (TPSA) is 122 Å². The number of quaternary nitrogens is 1. The summed E-state index contributed by atoms with van der Waals surface area (Å²) in [6.07, 6.45) is 2.68. The van der Waals surface area contributed by atoms with Crippen LogP contribution < -0.4 is 11.2 Å². The van der Waals surface area contributed by atoms with Gasteiger partial charge in [-0.2, -0.15) is 24.0 Å². The van der Waals surface area contributed by atoms with E-state index in [0.717, 1.165) is 36.9 Å². The van der Waals surface area contributed by atoms with Crippen molar-refractivity contribution in [2.75, 3.05) is 18.5 Å². The van der Waals surface area contributed by atoms with Gasteiger partial charge in [-0.05, 0) is 49.2 Å². The first-order chi connectivity index (χ1) is 18.6. The number of hydrogen-bond acceptors (Lipinski definition) is 7. The molecule has 200 valence electrons. The summed E-state index contributed by atoms with van der Waals surface area (Å²) in [6, 6.07) is 8.11. The molecular weight excluding hydrogens is 515 g/mol. The number of nitrogens with one attached hydrogen (secondary N) is 1. The number of piperidine rings is 1. The number of alkyl halides is 3. The van der Waals surface area contributed by atoms with Crippen LogP contribution in [0.5, 0.6) is 0 Å². The molecule has 1 aromatic carbocycles. The van der Waals surface area contributed by atoms with Crippen molar-refractivity contribution in [1.82, 2.24) is 9.88 Å². The first kappa shape index (κ1) is 24.9. The number of aromatic nitrogens is 1. The lowest BCUT2D eigenvalue weighted by molar-refractivity contribution is -0.750. The molecule has 0 spiro atoms. The number of fused-ring (bicyclic) bond motifs is 2. The molecule has 0 radical (unpaired) electrons. The predicted molar refractivity (Wildman–Crippen MR) is 134 cm³/mol. The maximum Gasteiger partial charge on any atom is 0.416 e. The molecule has 0 aliphatic carbocycles. The lowest BCUT2D eigenvalue weighted by Crippen LogP contribution is -2.53. The Labute approximate surface area is 220 Å². The highest BCUT2D eigenvalue weighted by Crippen LogP contribution is 2.39. The number of carbonyl (C=O) groups is 2. The molecule has 1 unspecified atom stereocenters. The fraction of sp³-hybridized carbons (Fsp3) is 0.269. The molecule has 4 aliphatic rings. The third-order valence-corrected chi connectivity index (χ3v) is 7.28. The summed E-state index contributed by atoms with van der Waals surface area (Å²) in [5, 5.41) is 2.40. The van der Waals surface area contributed by atoms with Crippen LogP contribution in [0.25, 0.3) is 0 Å². The molecule has 4 aliphatic heterocycles. The Balaban J connectivity index is 1.24. The summed E-state index contributed by atoms with van der Waals surface area (Å²) in [6.45, 7) is 0.871. The van der Waals surface area contributed by atoms with E-state index in [0.29, 0.717) is 30.2 Å². The Morgan fingerprint density at radius 2 is 1.97 bits per heavy atom. The van der Waals surface area contributed by atoms with E-state index >= 15 is 0 Å². The maximum absolute atomic E-state index is 13.0. The first-order valence-corrected chi connectivity index (χ1v) is 12.2. The lowest BCUT2D eigenvalue weighted by Gasteiger charge is -2.32. The van der Waals surface area contributed by atoms with Gasteiger partial charge in [0.15, 0.2) is 0 Å². The minimum absolute atomic E-state index is 0.0524. The number of amides is 2. The van der Waals surface area contributed by atoms with E-state index in [4.69, 9.17) is 15.6 Å². The molecule has 39 heavy (non-hydrogen) atoms. The predicted octanol–water partition coefficient (Wildman–Crippen LogP) is 3.80. The minimum Gasteiger partial charge on any atom is -0.447 e. The number of ether oxygens (including phenoxy) is 1. The van der Waals surface area contributed by atoms with Crippen molar-refractivity contribution in [3.8, 4) is 0 Å². The Kier molecular flexibility index (Phi) is 5.84. The van der Waals surface area contributed by atoms with Gasteiger partial charge in [-0.25, -0.2) is 9.78 Å². The second-order valence-electron chi connectivity index (χ2n) is 9.68. The quantitative estimate of drug-likeness (QED) is 0.453. The van der Waals surface area contributed by atoms with Gasteiger partial charge in [0.2, 0.25) is 5.70 Å². The van der Waals surface area contributed by atoms with Crippen LogP contribution in [0.3, 0.4) is 0 Å². The molecule has 0 saturated carbocycles. The highest BCUT2D eigenvalue weighted by molar-refractivity contribution is 6.05. The van der Waals surface area contributed by atoms with Crippen molar-refractivity contribution < 1.29 is 32.1 Å². The average molecular weight is 539 g/mol. The Morgan fingerprint density at radius 1 is 1.18 bits per heavy atom. The van der Waals surface area contributed by atoms with Crippen LogP contribution in [0.2, 0.25) is 0 Å². The number of amidine groups is 1. The number of aliphatic imine (C=N–C) groups is 2. The third kappa shape index (κ3) is 4.38. The second kappa shape index (κ2) is 9.13. The molecule has 0 bridgehead atoms. The number of nitrogens with zero attached hydrogens (tertiary/aromatic N) is 5. The monoisotopic (exact) mass is 538 g/mol. The van der Waals surface area contributed by atoms with Gasteiger partial charge in [-0.1, -0.05) is 0 Å². The lowest BCUT2D eigenvalue weighted by atomic mass is 9.90. The average Bonchev–Trinajstić information content (AvgIpc) is 3.45. The number of nitrogens with two attached hydrogens (primary N) is 1. The van der Waals surface area contributed by atoms with Gasteiger partial charge < -0.3 is 15.0 Å². The van der Waals surface area contributed by atoms with E-state index in [-0.39, 0.29) is 34.0 Å². The second-order valence-corrected chi connectivity index (χ2v) is 9.68. The standard InChI is InChI=1S/C26H22F3N7O3/c27-26(28,29)18-7-8-32-21(11-18)33-24(37)16-3-1-15(2-4-16)23-34-22(20-12-31-9-10-36(20,23)30)17-5-6-19-14-39-25(38)35(19)13-17/h1-4,7-12,17,19H,5-6,13-14,30H2/p+1/t17-,19-,36?/m1/s1. The van der Waals surface area contributed by atoms with Crippen molar-refractivity contribution in [3.05, 3.63) is 83.1 Å². The summed E-state index contributed by atoms with van der Waals surface area (Å²) in [7, 11) is 0. The zero-order valence-electron chi connectivity index (χ0n) is 20.4. The number of allylic oxidation sites excluding steroid dienone is 1. The Bertz CT molecular complexity index is 1480. The zero-order chi connectivity index (χ0) is 27.4. The molecule has 6 rings (SSSR count). The van der Waals surface area contributed by atoms with Crippen molar-refractivity contribution in [3.63, 3.8) is 0 Å². The fourth-order valence-corrected chi connectivity index (χ4v) is 5.24. The number of carbonyl (C=O) groups excluding carboxylic acids is 2. The minimum atomic E-state index is -4.55. The number of halogens is 3. The van der Waals surface area contributed by atoms with E-state index in [1.54, 1.807) is 35.6 Å². The highest BCUT2D eigenvalue weighted by Gasteiger charge is 2.48. The van der Waals surface area contributed by atoms with Gasteiger partial charge in [0.05, 0.1) is 29.6 Å². The van der Waals surface area contributed by atoms with Gasteiger partial charge in [0.1, 0.15) is 24.3 Å². The van der Waals surface area contributed by atoms with Crippen molar-refractivity contribution >= 4 is 29.9 Å². The largest absolute Gasteiger partial charge is 0.447 e. The van der Waals surface area contributed by atoms with E-state index in [1.165, 1.54) is 12.1 Å². The zero-order valence-corrected chi connectivity index (χ0v) is 20.4. The van der Waals surface area contributed by atoms with Crippen LogP contribution in [-0.2, 0) is 10.9 Å². The van der Waals surface area contributed by atoms with Gasteiger partial charge in [0.25, 0.3) is 11.7 Å². The van der Waals surface area contributed by atoms with Gasteiger partial charge in [-0.3, -0.25) is 9.79 Å². The smallest absolute Gasteiger partial charge is 0.416 e. The molecule has 13 heteroatoms. The molecule has 2 fully saturated rings. The van der Waals surface area contributed by atoms with Crippen molar-refractivity contribution in [1.29, 1.82) is 0 Å². The summed E-state index contributed by atoms with van der Waals surface area (Å²) in [5.74, 6) is 6.45. The summed E-state index contributed by atoms with van der Waals surface area (Å²) in [5.41, 5.74) is 1.40.